The lowest BCUT2D eigenvalue weighted by atomic mass is 9.98. The first-order chi connectivity index (χ1) is 8.54. The van der Waals surface area contributed by atoms with Gasteiger partial charge < -0.3 is 15.0 Å². The van der Waals surface area contributed by atoms with Crippen molar-refractivity contribution in [2.75, 3.05) is 12.8 Å². The molecule has 2 rings (SSSR count). The van der Waals surface area contributed by atoms with E-state index in [9.17, 15) is 0 Å². The van der Waals surface area contributed by atoms with Crippen molar-refractivity contribution in [1.29, 1.82) is 0 Å². The number of nitrogens with zero attached hydrogens (tertiary/aromatic N) is 1. The molecule has 0 amide bonds. The van der Waals surface area contributed by atoms with E-state index >= 15 is 0 Å². The van der Waals surface area contributed by atoms with Gasteiger partial charge in [0.05, 0.1) is 12.7 Å². The molecule has 0 atom stereocenters. The van der Waals surface area contributed by atoms with Gasteiger partial charge in [-0.15, -0.1) is 0 Å². The van der Waals surface area contributed by atoms with Crippen LogP contribution < -0.4 is 10.5 Å². The molecule has 1 heterocycles. The lowest BCUT2D eigenvalue weighted by Gasteiger charge is -2.10. The third kappa shape index (κ3) is 2.06. The van der Waals surface area contributed by atoms with Crippen LogP contribution in [0.1, 0.15) is 30.9 Å². The van der Waals surface area contributed by atoms with Crippen LogP contribution in [-0.4, -0.2) is 12.3 Å². The largest absolute Gasteiger partial charge is 0.496 e. The molecule has 0 aliphatic carbocycles. The van der Waals surface area contributed by atoms with E-state index in [1.807, 2.05) is 25.1 Å². The lowest BCUT2D eigenvalue weighted by Crippen LogP contribution is -1.96. The van der Waals surface area contributed by atoms with Gasteiger partial charge in [-0.05, 0) is 25.0 Å². The third-order valence-corrected chi connectivity index (χ3v) is 2.93. The summed E-state index contributed by atoms with van der Waals surface area (Å²) in [6.07, 6.45) is 0. The van der Waals surface area contributed by atoms with E-state index in [-0.39, 0.29) is 5.92 Å². The number of methoxy groups -OCH3 is 1. The fourth-order valence-corrected chi connectivity index (χ4v) is 2.06. The SMILES string of the molecule is COc1ccc(C)cc1-c1onc(N)c1C(C)C. The molecule has 1 aromatic carbocycles. The highest BCUT2D eigenvalue weighted by Crippen LogP contribution is 2.38. The van der Waals surface area contributed by atoms with Gasteiger partial charge >= 0.3 is 0 Å². The maximum atomic E-state index is 5.86. The number of aromatic nitrogens is 1. The van der Waals surface area contributed by atoms with Crippen LogP contribution in [0.2, 0.25) is 0 Å². The molecule has 2 N–H and O–H groups in total. The van der Waals surface area contributed by atoms with Crippen molar-refractivity contribution in [1.82, 2.24) is 5.16 Å². The maximum absolute atomic E-state index is 5.86. The Labute approximate surface area is 107 Å². The van der Waals surface area contributed by atoms with Gasteiger partial charge in [0, 0.05) is 5.56 Å². The minimum atomic E-state index is 0.247. The summed E-state index contributed by atoms with van der Waals surface area (Å²) in [6.45, 7) is 6.15. The summed E-state index contributed by atoms with van der Waals surface area (Å²) >= 11 is 0. The molecule has 0 saturated carbocycles. The molecule has 0 fully saturated rings. The van der Waals surface area contributed by atoms with Crippen LogP contribution in [0, 0.1) is 6.92 Å². The molecule has 0 aliphatic rings. The molecule has 96 valence electrons. The van der Waals surface area contributed by atoms with Crippen molar-refractivity contribution in [2.24, 2.45) is 0 Å². The van der Waals surface area contributed by atoms with Gasteiger partial charge in [-0.2, -0.15) is 0 Å². The first-order valence-electron chi connectivity index (χ1n) is 5.94. The van der Waals surface area contributed by atoms with E-state index in [1.54, 1.807) is 7.11 Å². The molecule has 2 aromatic rings. The molecular formula is C14H18N2O2. The average molecular weight is 246 g/mol. The van der Waals surface area contributed by atoms with Gasteiger partial charge in [-0.3, -0.25) is 0 Å². The maximum Gasteiger partial charge on any atom is 0.176 e. The zero-order chi connectivity index (χ0) is 13.3. The fourth-order valence-electron chi connectivity index (χ4n) is 2.06. The van der Waals surface area contributed by atoms with Gasteiger partial charge in [0.2, 0.25) is 0 Å². The number of nitrogen functional groups attached to an aromatic ring is 1. The number of aryl methyl sites for hydroxylation is 1. The molecule has 4 heteroatoms. The van der Waals surface area contributed by atoms with E-state index in [0.717, 1.165) is 22.4 Å². The monoisotopic (exact) mass is 246 g/mol. The number of nitrogens with two attached hydrogens (primary N) is 1. The molecule has 4 nitrogen and oxygen atoms in total. The smallest absolute Gasteiger partial charge is 0.176 e. The minimum absolute atomic E-state index is 0.247. The van der Waals surface area contributed by atoms with E-state index < -0.39 is 0 Å². The van der Waals surface area contributed by atoms with Crippen LogP contribution in [-0.2, 0) is 0 Å². The number of anilines is 1. The Morgan fingerprint density at radius 2 is 2.06 bits per heavy atom. The highest BCUT2D eigenvalue weighted by Gasteiger charge is 2.21. The van der Waals surface area contributed by atoms with Gasteiger partial charge in [0.1, 0.15) is 5.75 Å². The van der Waals surface area contributed by atoms with Crippen molar-refractivity contribution in [3.8, 4) is 17.1 Å². The van der Waals surface area contributed by atoms with Crippen LogP contribution in [0.4, 0.5) is 5.82 Å². The summed E-state index contributed by atoms with van der Waals surface area (Å²) in [7, 11) is 1.64. The molecule has 0 bridgehead atoms. The number of hydrogen-bond acceptors (Lipinski definition) is 4. The molecule has 0 radical (unpaired) electrons. The second-order valence-electron chi connectivity index (χ2n) is 4.67. The summed E-state index contributed by atoms with van der Waals surface area (Å²) in [5.74, 6) is 2.15. The number of hydrogen-bond donors (Lipinski definition) is 1. The van der Waals surface area contributed by atoms with Gasteiger partial charge in [-0.25, -0.2) is 0 Å². The first kappa shape index (κ1) is 12.5. The van der Waals surface area contributed by atoms with Crippen LogP contribution >= 0.6 is 0 Å². The standard InChI is InChI=1S/C14H18N2O2/c1-8(2)12-13(18-16-14(12)15)10-7-9(3)5-6-11(10)17-4/h5-8H,1-4H3,(H2,15,16). The quantitative estimate of drug-likeness (QED) is 0.902. The van der Waals surface area contributed by atoms with Crippen LogP contribution in [0.3, 0.4) is 0 Å². The molecule has 0 spiro atoms. The van der Waals surface area contributed by atoms with E-state index in [2.05, 4.69) is 19.0 Å². The predicted octanol–water partition coefficient (Wildman–Crippen LogP) is 3.36. The second kappa shape index (κ2) is 4.72. The van der Waals surface area contributed by atoms with Crippen molar-refractivity contribution in [3.05, 3.63) is 29.3 Å². The Morgan fingerprint density at radius 3 is 2.67 bits per heavy atom. The van der Waals surface area contributed by atoms with Crippen molar-refractivity contribution in [2.45, 2.75) is 26.7 Å². The Hall–Kier alpha value is -1.97. The Balaban J connectivity index is 2.65. The summed E-state index contributed by atoms with van der Waals surface area (Å²) in [5, 5.41) is 3.87. The molecule has 0 unspecified atom stereocenters. The first-order valence-corrected chi connectivity index (χ1v) is 5.94. The topological polar surface area (TPSA) is 61.3 Å². The van der Waals surface area contributed by atoms with Crippen LogP contribution in [0.5, 0.6) is 5.75 Å². The average Bonchev–Trinajstić information content (AvgIpc) is 2.71. The fraction of sp³-hybridized carbons (Fsp3) is 0.357. The summed E-state index contributed by atoms with van der Waals surface area (Å²) in [6, 6.07) is 5.94. The summed E-state index contributed by atoms with van der Waals surface area (Å²) in [4.78, 5) is 0. The molecule has 0 saturated heterocycles. The normalized spacial score (nSPS) is 10.9. The van der Waals surface area contributed by atoms with E-state index in [0.29, 0.717) is 11.6 Å². The zero-order valence-electron chi connectivity index (χ0n) is 11.2. The van der Waals surface area contributed by atoms with Crippen LogP contribution in [0.15, 0.2) is 22.7 Å². The third-order valence-electron chi connectivity index (χ3n) is 2.93. The molecule has 0 aliphatic heterocycles. The zero-order valence-corrected chi connectivity index (χ0v) is 11.2. The van der Waals surface area contributed by atoms with Crippen molar-refractivity contribution < 1.29 is 9.26 Å². The highest BCUT2D eigenvalue weighted by molar-refractivity contribution is 5.73. The molecule has 18 heavy (non-hydrogen) atoms. The minimum Gasteiger partial charge on any atom is -0.496 e. The lowest BCUT2D eigenvalue weighted by molar-refractivity contribution is 0.406. The van der Waals surface area contributed by atoms with Crippen molar-refractivity contribution in [3.63, 3.8) is 0 Å². The summed E-state index contributed by atoms with van der Waals surface area (Å²) in [5.41, 5.74) is 8.82. The van der Waals surface area contributed by atoms with Gasteiger partial charge in [0.25, 0.3) is 0 Å². The van der Waals surface area contributed by atoms with Crippen molar-refractivity contribution >= 4 is 5.82 Å². The van der Waals surface area contributed by atoms with E-state index in [1.165, 1.54) is 0 Å². The second-order valence-corrected chi connectivity index (χ2v) is 4.67. The van der Waals surface area contributed by atoms with E-state index in [4.69, 9.17) is 15.0 Å². The van der Waals surface area contributed by atoms with Gasteiger partial charge in [-0.1, -0.05) is 30.6 Å². The van der Waals surface area contributed by atoms with Gasteiger partial charge in [0.15, 0.2) is 11.6 Å². The number of ether oxygens (including phenoxy) is 1. The number of rotatable bonds is 3. The predicted molar refractivity (Wildman–Crippen MR) is 71.7 cm³/mol. The number of benzene rings is 1. The van der Waals surface area contributed by atoms with Crippen LogP contribution in [0.25, 0.3) is 11.3 Å². The Bertz CT molecular complexity index is 559. The highest BCUT2D eigenvalue weighted by atomic mass is 16.5. The molecular weight excluding hydrogens is 228 g/mol. The Morgan fingerprint density at radius 1 is 1.33 bits per heavy atom. The Kier molecular flexibility index (Phi) is 3.28. The summed E-state index contributed by atoms with van der Waals surface area (Å²) < 4.78 is 10.8. The molecule has 1 aromatic heterocycles.